The summed E-state index contributed by atoms with van der Waals surface area (Å²) in [5.41, 5.74) is 2.37. The zero-order chi connectivity index (χ0) is 17.1. The fourth-order valence-corrected chi connectivity index (χ4v) is 2.61. The largest absolute Gasteiger partial charge is 0.334 e. The van der Waals surface area contributed by atoms with Gasteiger partial charge in [0, 0.05) is 18.3 Å². The Bertz CT molecular complexity index is 827. The Kier molecular flexibility index (Phi) is 4.67. The maximum absolute atomic E-state index is 12.7. The van der Waals surface area contributed by atoms with E-state index >= 15 is 0 Å². The van der Waals surface area contributed by atoms with Crippen molar-refractivity contribution in [2.75, 3.05) is 7.05 Å². The second-order valence-corrected chi connectivity index (χ2v) is 6.06. The van der Waals surface area contributed by atoms with E-state index in [4.69, 9.17) is 11.6 Å². The molecule has 0 aliphatic rings. The highest BCUT2D eigenvalue weighted by Crippen LogP contribution is 2.22. The predicted molar refractivity (Wildman–Crippen MR) is 95.5 cm³/mol. The summed E-state index contributed by atoms with van der Waals surface area (Å²) in [5.74, 6) is -0.118. The molecule has 0 aliphatic carbocycles. The minimum Gasteiger partial charge on any atom is -0.334 e. The number of hydrogen-bond donors (Lipinski definition) is 0. The van der Waals surface area contributed by atoms with Gasteiger partial charge in [-0.3, -0.25) is 4.79 Å². The molecule has 1 aromatic heterocycles. The summed E-state index contributed by atoms with van der Waals surface area (Å²) < 4.78 is 1.70. The Morgan fingerprint density at radius 1 is 1.08 bits per heavy atom. The van der Waals surface area contributed by atoms with E-state index in [9.17, 15) is 4.79 Å². The van der Waals surface area contributed by atoms with E-state index in [-0.39, 0.29) is 11.9 Å². The fourth-order valence-electron chi connectivity index (χ4n) is 2.48. The zero-order valence-corrected chi connectivity index (χ0v) is 14.3. The standard InChI is InChI=1S/C19H18ClN3O/c1-14(15-8-10-16(20)11-9-15)22(2)19(24)18-12-13-23(21-18)17-6-4-3-5-7-17/h3-14H,1-2H3. The molecule has 1 unspecified atom stereocenters. The second kappa shape index (κ2) is 6.89. The number of amides is 1. The van der Waals surface area contributed by atoms with Crippen LogP contribution in [0.2, 0.25) is 5.02 Å². The van der Waals surface area contributed by atoms with Gasteiger partial charge in [0.15, 0.2) is 5.69 Å². The molecule has 0 spiro atoms. The molecule has 0 radical (unpaired) electrons. The summed E-state index contributed by atoms with van der Waals surface area (Å²) in [7, 11) is 1.78. The average molecular weight is 340 g/mol. The lowest BCUT2D eigenvalue weighted by Crippen LogP contribution is -2.30. The number of carbonyl (C=O) groups is 1. The van der Waals surface area contributed by atoms with Crippen LogP contribution in [0.5, 0.6) is 0 Å². The smallest absolute Gasteiger partial charge is 0.274 e. The average Bonchev–Trinajstić information content (AvgIpc) is 3.11. The normalized spacial score (nSPS) is 12.0. The Morgan fingerprint density at radius 2 is 1.75 bits per heavy atom. The Labute approximate surface area is 146 Å². The Balaban J connectivity index is 1.78. The summed E-state index contributed by atoms with van der Waals surface area (Å²) in [6.07, 6.45) is 1.80. The minimum absolute atomic E-state index is 0.0726. The van der Waals surface area contributed by atoms with Gasteiger partial charge in [-0.2, -0.15) is 5.10 Å². The van der Waals surface area contributed by atoms with Crippen LogP contribution in [0.4, 0.5) is 0 Å². The first-order chi connectivity index (χ1) is 11.6. The molecule has 1 atom stereocenters. The van der Waals surface area contributed by atoms with Crippen LogP contribution in [0, 0.1) is 0 Å². The van der Waals surface area contributed by atoms with Crippen molar-refractivity contribution in [3.63, 3.8) is 0 Å². The van der Waals surface area contributed by atoms with Gasteiger partial charge in [-0.15, -0.1) is 0 Å². The molecule has 4 nitrogen and oxygen atoms in total. The lowest BCUT2D eigenvalue weighted by molar-refractivity contribution is 0.0736. The first-order valence-corrected chi connectivity index (χ1v) is 8.08. The molecule has 1 amide bonds. The van der Waals surface area contributed by atoms with Crippen molar-refractivity contribution in [3.05, 3.63) is 83.1 Å². The molecule has 0 saturated heterocycles. The highest BCUT2D eigenvalue weighted by molar-refractivity contribution is 6.30. The number of aromatic nitrogens is 2. The van der Waals surface area contributed by atoms with Gasteiger partial charge in [-0.25, -0.2) is 4.68 Å². The van der Waals surface area contributed by atoms with Gasteiger partial charge < -0.3 is 4.90 Å². The number of carbonyl (C=O) groups excluding carboxylic acids is 1. The number of rotatable bonds is 4. The van der Waals surface area contributed by atoms with Crippen molar-refractivity contribution in [1.82, 2.24) is 14.7 Å². The molecule has 0 aliphatic heterocycles. The first-order valence-electron chi connectivity index (χ1n) is 7.70. The van der Waals surface area contributed by atoms with E-state index in [0.29, 0.717) is 10.7 Å². The molecule has 1 heterocycles. The van der Waals surface area contributed by atoms with E-state index < -0.39 is 0 Å². The van der Waals surface area contributed by atoms with Gasteiger partial charge in [-0.05, 0) is 42.8 Å². The van der Waals surface area contributed by atoms with E-state index in [2.05, 4.69) is 5.10 Å². The molecule has 24 heavy (non-hydrogen) atoms. The number of halogens is 1. The van der Waals surface area contributed by atoms with E-state index in [1.165, 1.54) is 0 Å². The summed E-state index contributed by atoms with van der Waals surface area (Å²) in [6, 6.07) is 18.9. The summed E-state index contributed by atoms with van der Waals surface area (Å²) in [5, 5.41) is 5.08. The van der Waals surface area contributed by atoms with Crippen LogP contribution in [0.1, 0.15) is 29.0 Å². The molecule has 0 N–H and O–H groups in total. The van der Waals surface area contributed by atoms with Gasteiger partial charge in [-0.1, -0.05) is 41.9 Å². The van der Waals surface area contributed by atoms with Crippen LogP contribution in [0.15, 0.2) is 66.9 Å². The van der Waals surface area contributed by atoms with Crippen LogP contribution in [-0.4, -0.2) is 27.6 Å². The molecule has 0 saturated carbocycles. The number of nitrogens with zero attached hydrogens (tertiary/aromatic N) is 3. The maximum atomic E-state index is 12.7. The minimum atomic E-state index is -0.118. The molecule has 5 heteroatoms. The number of para-hydroxylation sites is 1. The molecule has 0 fully saturated rings. The highest BCUT2D eigenvalue weighted by Gasteiger charge is 2.21. The summed E-state index contributed by atoms with van der Waals surface area (Å²) in [6.45, 7) is 1.98. The molecule has 3 rings (SSSR count). The molecule has 122 valence electrons. The topological polar surface area (TPSA) is 38.1 Å². The second-order valence-electron chi connectivity index (χ2n) is 5.62. The van der Waals surface area contributed by atoms with Crippen LogP contribution >= 0.6 is 11.6 Å². The third kappa shape index (κ3) is 3.34. The zero-order valence-electron chi connectivity index (χ0n) is 13.6. The molecular formula is C19H18ClN3O. The monoisotopic (exact) mass is 339 g/mol. The first kappa shape index (κ1) is 16.3. The van der Waals surface area contributed by atoms with Crippen molar-refractivity contribution in [2.45, 2.75) is 13.0 Å². The van der Waals surface area contributed by atoms with Gasteiger partial charge in [0.2, 0.25) is 0 Å². The SMILES string of the molecule is CC(c1ccc(Cl)cc1)N(C)C(=O)c1ccn(-c2ccccc2)n1. The summed E-state index contributed by atoms with van der Waals surface area (Å²) >= 11 is 5.92. The third-order valence-electron chi connectivity index (χ3n) is 4.08. The predicted octanol–water partition coefficient (Wildman–Crippen LogP) is 4.36. The van der Waals surface area contributed by atoms with E-state index in [1.54, 1.807) is 28.9 Å². The van der Waals surface area contributed by atoms with Crippen molar-refractivity contribution in [1.29, 1.82) is 0 Å². The lowest BCUT2D eigenvalue weighted by Gasteiger charge is -2.24. The van der Waals surface area contributed by atoms with Crippen LogP contribution in [0.25, 0.3) is 5.69 Å². The number of hydrogen-bond acceptors (Lipinski definition) is 2. The Hall–Kier alpha value is -2.59. The van der Waals surface area contributed by atoms with Gasteiger partial charge in [0.1, 0.15) is 0 Å². The molecule has 0 bridgehead atoms. The third-order valence-corrected chi connectivity index (χ3v) is 4.33. The van der Waals surface area contributed by atoms with Crippen LogP contribution in [-0.2, 0) is 0 Å². The lowest BCUT2D eigenvalue weighted by atomic mass is 10.1. The van der Waals surface area contributed by atoms with Crippen molar-refractivity contribution >= 4 is 17.5 Å². The van der Waals surface area contributed by atoms with E-state index in [0.717, 1.165) is 11.3 Å². The van der Waals surface area contributed by atoms with Crippen molar-refractivity contribution in [3.8, 4) is 5.69 Å². The molecule has 3 aromatic rings. The van der Waals surface area contributed by atoms with Crippen LogP contribution in [0.3, 0.4) is 0 Å². The quantitative estimate of drug-likeness (QED) is 0.708. The van der Waals surface area contributed by atoms with Gasteiger partial charge >= 0.3 is 0 Å². The molecular weight excluding hydrogens is 322 g/mol. The summed E-state index contributed by atoms with van der Waals surface area (Å²) in [4.78, 5) is 14.4. The van der Waals surface area contributed by atoms with Crippen molar-refractivity contribution in [2.24, 2.45) is 0 Å². The molecule has 2 aromatic carbocycles. The number of benzene rings is 2. The van der Waals surface area contributed by atoms with Crippen LogP contribution < -0.4 is 0 Å². The maximum Gasteiger partial charge on any atom is 0.274 e. The van der Waals surface area contributed by atoms with Crippen molar-refractivity contribution < 1.29 is 4.79 Å². The highest BCUT2D eigenvalue weighted by atomic mass is 35.5. The fraction of sp³-hybridized carbons (Fsp3) is 0.158. The Morgan fingerprint density at radius 3 is 2.42 bits per heavy atom. The van der Waals surface area contributed by atoms with E-state index in [1.807, 2.05) is 61.5 Å². The van der Waals surface area contributed by atoms with Gasteiger partial charge in [0.05, 0.1) is 11.7 Å². The van der Waals surface area contributed by atoms with Gasteiger partial charge in [0.25, 0.3) is 5.91 Å².